The summed E-state index contributed by atoms with van der Waals surface area (Å²) < 4.78 is 0. The van der Waals surface area contributed by atoms with Crippen molar-refractivity contribution >= 4 is 34.3 Å². The van der Waals surface area contributed by atoms with Gasteiger partial charge in [-0.2, -0.15) is 0 Å². The van der Waals surface area contributed by atoms with E-state index in [9.17, 15) is 9.59 Å². The Morgan fingerprint density at radius 3 is 2.52 bits per heavy atom. The molecule has 1 atom stereocenters. The van der Waals surface area contributed by atoms with E-state index in [1.54, 1.807) is 30.3 Å². The highest BCUT2D eigenvalue weighted by Crippen LogP contribution is 2.32. The van der Waals surface area contributed by atoms with Crippen LogP contribution in [0.1, 0.15) is 45.3 Å². The van der Waals surface area contributed by atoms with Crippen LogP contribution in [-0.2, 0) is 12.8 Å². The zero-order valence-electron chi connectivity index (χ0n) is 14.9. The second-order valence-electron chi connectivity index (χ2n) is 7.05. The van der Waals surface area contributed by atoms with Gasteiger partial charge in [0, 0.05) is 11.1 Å². The van der Waals surface area contributed by atoms with Gasteiger partial charge in [0.05, 0.1) is 21.7 Å². The lowest BCUT2D eigenvalue weighted by Crippen LogP contribution is -2.41. The van der Waals surface area contributed by atoms with E-state index < -0.39 is 5.91 Å². The molecule has 2 amide bonds. The molecule has 1 aromatic heterocycles. The van der Waals surface area contributed by atoms with Gasteiger partial charge in [0.1, 0.15) is 0 Å². The Kier molecular flexibility index (Phi) is 4.62. The lowest BCUT2D eigenvalue weighted by Gasteiger charge is -2.17. The molecular formula is C21H20ClN3O2. The van der Waals surface area contributed by atoms with Crippen LogP contribution in [0.25, 0.3) is 10.9 Å². The fraction of sp³-hybridized carbons (Fsp3) is 0.238. The number of hydrogen-bond donors (Lipinski definition) is 3. The number of amides is 2. The number of hydrogen-bond acceptors (Lipinski definition) is 2. The number of halogens is 1. The van der Waals surface area contributed by atoms with E-state index >= 15 is 0 Å². The van der Waals surface area contributed by atoms with E-state index in [-0.39, 0.29) is 5.91 Å². The zero-order valence-corrected chi connectivity index (χ0v) is 15.7. The number of nitrogens with one attached hydrogen (secondary N) is 3. The second kappa shape index (κ2) is 7.08. The number of aryl methyl sites for hydroxylation is 1. The molecule has 27 heavy (non-hydrogen) atoms. The summed E-state index contributed by atoms with van der Waals surface area (Å²) in [5.74, 6) is -0.183. The number of aromatic amines is 1. The van der Waals surface area contributed by atoms with Gasteiger partial charge in [-0.3, -0.25) is 20.4 Å². The third-order valence-electron chi connectivity index (χ3n) is 5.12. The van der Waals surface area contributed by atoms with Crippen LogP contribution in [0, 0.1) is 5.92 Å². The van der Waals surface area contributed by atoms with Crippen molar-refractivity contribution in [3.8, 4) is 0 Å². The molecule has 2 aromatic carbocycles. The Labute approximate surface area is 162 Å². The van der Waals surface area contributed by atoms with Gasteiger partial charge >= 0.3 is 0 Å². The molecule has 0 spiro atoms. The van der Waals surface area contributed by atoms with Crippen LogP contribution in [0.3, 0.4) is 0 Å². The van der Waals surface area contributed by atoms with Crippen LogP contribution in [0.2, 0.25) is 5.02 Å². The van der Waals surface area contributed by atoms with Crippen LogP contribution in [0.15, 0.2) is 42.5 Å². The molecule has 1 aliphatic carbocycles. The van der Waals surface area contributed by atoms with Gasteiger partial charge in [-0.25, -0.2) is 0 Å². The number of carbonyl (C=O) groups is 2. The number of fused-ring (bicyclic) bond motifs is 3. The van der Waals surface area contributed by atoms with Crippen LogP contribution in [0.5, 0.6) is 0 Å². The Morgan fingerprint density at radius 2 is 1.74 bits per heavy atom. The summed E-state index contributed by atoms with van der Waals surface area (Å²) in [7, 11) is 0. The summed E-state index contributed by atoms with van der Waals surface area (Å²) in [5, 5.41) is 1.42. The molecule has 1 heterocycles. The van der Waals surface area contributed by atoms with Crippen LogP contribution < -0.4 is 10.9 Å². The highest BCUT2D eigenvalue weighted by molar-refractivity contribution is 6.33. The number of H-pyrrole nitrogens is 1. The SMILES string of the molecule is CC1CCc2[nH]c3c(C(=O)NNC(=O)c4ccccc4Cl)cccc3c2C1. The van der Waals surface area contributed by atoms with E-state index in [0.717, 1.165) is 30.2 Å². The first-order valence-corrected chi connectivity index (χ1v) is 9.40. The first-order valence-electron chi connectivity index (χ1n) is 9.02. The summed E-state index contributed by atoms with van der Waals surface area (Å²) in [5.41, 5.74) is 9.08. The van der Waals surface area contributed by atoms with Gasteiger partial charge in [0.15, 0.2) is 0 Å². The molecule has 6 heteroatoms. The number of aromatic nitrogens is 1. The minimum absolute atomic E-state index is 0.307. The summed E-state index contributed by atoms with van der Waals surface area (Å²) in [6, 6.07) is 12.4. The summed E-state index contributed by atoms with van der Waals surface area (Å²) >= 11 is 6.02. The molecular weight excluding hydrogens is 362 g/mol. The molecule has 3 N–H and O–H groups in total. The van der Waals surface area contributed by atoms with E-state index in [2.05, 4.69) is 22.8 Å². The Balaban J connectivity index is 1.57. The fourth-order valence-electron chi connectivity index (χ4n) is 3.70. The first-order chi connectivity index (χ1) is 13.0. The third kappa shape index (κ3) is 3.30. The van der Waals surface area contributed by atoms with Crippen molar-refractivity contribution in [1.29, 1.82) is 0 Å². The number of benzene rings is 2. The van der Waals surface area contributed by atoms with Gasteiger partial charge in [-0.1, -0.05) is 42.8 Å². The minimum Gasteiger partial charge on any atom is -0.358 e. The first kappa shape index (κ1) is 17.6. The normalized spacial score (nSPS) is 16.0. The average molecular weight is 382 g/mol. The van der Waals surface area contributed by atoms with Gasteiger partial charge < -0.3 is 4.98 Å². The minimum atomic E-state index is -0.458. The Bertz CT molecular complexity index is 1040. The van der Waals surface area contributed by atoms with Crippen molar-refractivity contribution in [1.82, 2.24) is 15.8 Å². The molecule has 0 saturated carbocycles. The predicted octanol–water partition coefficient (Wildman–Crippen LogP) is 4.02. The smallest absolute Gasteiger partial charge is 0.271 e. The maximum Gasteiger partial charge on any atom is 0.271 e. The van der Waals surface area contributed by atoms with E-state index in [0.29, 0.717) is 22.1 Å². The maximum absolute atomic E-state index is 12.7. The van der Waals surface area contributed by atoms with Crippen molar-refractivity contribution < 1.29 is 9.59 Å². The summed E-state index contributed by atoms with van der Waals surface area (Å²) in [6.45, 7) is 2.25. The summed E-state index contributed by atoms with van der Waals surface area (Å²) in [4.78, 5) is 28.3. The molecule has 138 valence electrons. The Morgan fingerprint density at radius 1 is 1.04 bits per heavy atom. The fourth-order valence-corrected chi connectivity index (χ4v) is 3.92. The molecule has 0 saturated heterocycles. The molecule has 5 nitrogen and oxygen atoms in total. The molecule has 0 fully saturated rings. The van der Waals surface area contributed by atoms with Crippen molar-refractivity contribution in [2.75, 3.05) is 0 Å². The van der Waals surface area contributed by atoms with E-state index in [1.165, 1.54) is 11.3 Å². The summed E-state index contributed by atoms with van der Waals surface area (Å²) in [6.07, 6.45) is 3.16. The van der Waals surface area contributed by atoms with Crippen molar-refractivity contribution in [2.24, 2.45) is 5.92 Å². The maximum atomic E-state index is 12.7. The third-order valence-corrected chi connectivity index (χ3v) is 5.45. The molecule has 0 bridgehead atoms. The van der Waals surface area contributed by atoms with Gasteiger partial charge in [0.25, 0.3) is 11.8 Å². The van der Waals surface area contributed by atoms with E-state index in [4.69, 9.17) is 11.6 Å². The topological polar surface area (TPSA) is 74.0 Å². The second-order valence-corrected chi connectivity index (χ2v) is 7.45. The molecule has 1 aliphatic rings. The number of rotatable bonds is 2. The lowest BCUT2D eigenvalue weighted by atomic mass is 9.87. The number of para-hydroxylation sites is 1. The largest absolute Gasteiger partial charge is 0.358 e. The van der Waals surface area contributed by atoms with Crippen LogP contribution >= 0.6 is 11.6 Å². The predicted molar refractivity (Wildman–Crippen MR) is 106 cm³/mol. The molecule has 4 rings (SSSR count). The van der Waals surface area contributed by atoms with Gasteiger partial charge in [0.2, 0.25) is 0 Å². The van der Waals surface area contributed by atoms with Crippen LogP contribution in [-0.4, -0.2) is 16.8 Å². The van der Waals surface area contributed by atoms with Crippen LogP contribution in [0.4, 0.5) is 0 Å². The lowest BCUT2D eigenvalue weighted by molar-refractivity contribution is 0.0847. The molecule has 1 unspecified atom stereocenters. The molecule has 3 aromatic rings. The van der Waals surface area contributed by atoms with Gasteiger partial charge in [-0.15, -0.1) is 0 Å². The highest BCUT2D eigenvalue weighted by atomic mass is 35.5. The van der Waals surface area contributed by atoms with Gasteiger partial charge in [-0.05, 0) is 48.9 Å². The average Bonchev–Trinajstić information content (AvgIpc) is 3.04. The van der Waals surface area contributed by atoms with Crippen molar-refractivity contribution in [3.63, 3.8) is 0 Å². The van der Waals surface area contributed by atoms with E-state index in [1.807, 2.05) is 12.1 Å². The quantitative estimate of drug-likeness (QED) is 0.586. The zero-order chi connectivity index (χ0) is 19.0. The van der Waals surface area contributed by atoms with Crippen molar-refractivity contribution in [3.05, 3.63) is 69.9 Å². The number of hydrazine groups is 1. The molecule has 0 aliphatic heterocycles. The monoisotopic (exact) mass is 381 g/mol. The molecule has 0 radical (unpaired) electrons. The van der Waals surface area contributed by atoms with Crippen molar-refractivity contribution in [2.45, 2.75) is 26.2 Å². The Hall–Kier alpha value is -2.79. The highest BCUT2D eigenvalue weighted by Gasteiger charge is 2.22. The standard InChI is InChI=1S/C21H20ClN3O2/c1-12-9-10-18-16(11-12)13-6-4-7-15(19(13)23-18)21(27)25-24-20(26)14-5-2-3-8-17(14)22/h2-8,12,23H,9-11H2,1H3,(H,24,26)(H,25,27). The number of carbonyl (C=O) groups excluding carboxylic acids is 2.